The minimum atomic E-state index is -0.121. The van der Waals surface area contributed by atoms with E-state index in [0.717, 1.165) is 12.4 Å². The number of carbonyl (C=O) groups excluding carboxylic acids is 1. The summed E-state index contributed by atoms with van der Waals surface area (Å²) in [5.74, 6) is 0.915. The van der Waals surface area contributed by atoms with Crippen LogP contribution in [0.25, 0.3) is 0 Å². The molecule has 1 amide bonds. The molecule has 0 saturated carbocycles. The molecule has 2 N–H and O–H groups in total. The number of carbonyl (C=O) groups is 1. The van der Waals surface area contributed by atoms with Crippen molar-refractivity contribution >= 4 is 30.7 Å². The lowest BCUT2D eigenvalue weighted by molar-refractivity contribution is -0.130. The molecule has 1 aromatic heterocycles. The molecular weight excluding hydrogens is 335 g/mol. The highest BCUT2D eigenvalue weighted by Gasteiger charge is 2.14. The summed E-state index contributed by atoms with van der Waals surface area (Å²) in [6.45, 7) is 3.08. The van der Waals surface area contributed by atoms with E-state index in [2.05, 4.69) is 21.7 Å². The normalized spacial score (nSPS) is 11.1. The Bertz CT molecular complexity index is 587. The summed E-state index contributed by atoms with van der Waals surface area (Å²) in [5.41, 5.74) is 6.88. The van der Waals surface area contributed by atoms with Gasteiger partial charge in [0.05, 0.1) is 6.54 Å². The Balaban J connectivity index is 0.00000242. The second-order valence-corrected chi connectivity index (χ2v) is 5.39. The first kappa shape index (κ1) is 21.4. The van der Waals surface area contributed by atoms with Gasteiger partial charge in [0.1, 0.15) is 5.82 Å². The number of hydrogen-bond acceptors (Lipinski definition) is 3. The summed E-state index contributed by atoms with van der Waals surface area (Å²) in [4.78, 5) is 18.0. The maximum atomic E-state index is 12.0. The highest BCUT2D eigenvalue weighted by molar-refractivity contribution is 5.85. The lowest BCUT2D eigenvalue weighted by atomic mass is 10.2. The Kier molecular flexibility index (Phi) is 9.56. The molecule has 7 heteroatoms. The Morgan fingerprint density at radius 2 is 1.96 bits per heavy atom. The van der Waals surface area contributed by atoms with Crippen LogP contribution >= 0.6 is 24.8 Å². The van der Waals surface area contributed by atoms with Crippen molar-refractivity contribution < 1.29 is 4.79 Å². The van der Waals surface area contributed by atoms with Crippen LogP contribution < -0.4 is 5.73 Å². The molecule has 1 heterocycles. The summed E-state index contributed by atoms with van der Waals surface area (Å²) in [6.07, 6.45) is 4.06. The molecule has 23 heavy (non-hydrogen) atoms. The van der Waals surface area contributed by atoms with E-state index in [4.69, 9.17) is 5.73 Å². The van der Waals surface area contributed by atoms with Gasteiger partial charge in [0, 0.05) is 38.4 Å². The Morgan fingerprint density at radius 3 is 2.57 bits per heavy atom. The fraction of sp³-hybridized carbons (Fsp3) is 0.375. The van der Waals surface area contributed by atoms with Crippen LogP contribution in [0.3, 0.4) is 0 Å². The average molecular weight is 359 g/mol. The van der Waals surface area contributed by atoms with Crippen molar-refractivity contribution in [1.82, 2.24) is 14.5 Å². The second-order valence-electron chi connectivity index (χ2n) is 5.39. The number of imidazole rings is 1. The van der Waals surface area contributed by atoms with Crippen molar-refractivity contribution in [3.63, 3.8) is 0 Å². The Hall–Kier alpha value is -1.56. The van der Waals surface area contributed by atoms with Crippen molar-refractivity contribution in [2.24, 2.45) is 5.73 Å². The fourth-order valence-electron chi connectivity index (χ4n) is 2.15. The molecule has 0 saturated heterocycles. The topological polar surface area (TPSA) is 64.2 Å². The van der Waals surface area contributed by atoms with E-state index in [1.165, 1.54) is 5.56 Å². The van der Waals surface area contributed by atoms with Crippen molar-refractivity contribution in [3.8, 4) is 0 Å². The second kappa shape index (κ2) is 10.3. The van der Waals surface area contributed by atoms with Crippen molar-refractivity contribution in [2.75, 3.05) is 7.05 Å². The van der Waals surface area contributed by atoms with Gasteiger partial charge in [-0.1, -0.05) is 30.3 Å². The number of nitrogens with two attached hydrogens (primary N) is 1. The quantitative estimate of drug-likeness (QED) is 0.862. The summed E-state index contributed by atoms with van der Waals surface area (Å²) >= 11 is 0. The number of benzene rings is 1. The van der Waals surface area contributed by atoms with E-state index >= 15 is 0 Å². The van der Waals surface area contributed by atoms with Gasteiger partial charge in [-0.3, -0.25) is 4.79 Å². The van der Waals surface area contributed by atoms with Crippen molar-refractivity contribution in [1.29, 1.82) is 0 Å². The van der Waals surface area contributed by atoms with Gasteiger partial charge in [0.25, 0.3) is 0 Å². The number of halogens is 2. The first-order valence-electron chi connectivity index (χ1n) is 7.09. The van der Waals surface area contributed by atoms with Crippen LogP contribution in [-0.2, 0) is 17.9 Å². The van der Waals surface area contributed by atoms with Crippen LogP contribution in [0.5, 0.6) is 0 Å². The molecule has 0 aliphatic carbocycles. The molecular formula is C16H24Cl2N4O. The standard InChI is InChI=1S/C16H22N4O.2ClH/c1-13(17)10-16(21)19(2)12-15-18-8-9-20(15)11-14-6-4-3-5-7-14;;/h3-9,13H,10-12,17H2,1-2H3;2*1H. The number of amides is 1. The first-order chi connectivity index (χ1) is 10.1. The number of hydrogen-bond donors (Lipinski definition) is 1. The molecule has 5 nitrogen and oxygen atoms in total. The smallest absolute Gasteiger partial charge is 0.224 e. The minimum absolute atomic E-state index is 0. The maximum absolute atomic E-state index is 12.0. The molecule has 0 radical (unpaired) electrons. The lowest BCUT2D eigenvalue weighted by Gasteiger charge is -2.18. The zero-order chi connectivity index (χ0) is 15.2. The lowest BCUT2D eigenvalue weighted by Crippen LogP contribution is -2.32. The molecule has 2 aromatic rings. The molecule has 1 atom stereocenters. The molecule has 2 rings (SSSR count). The summed E-state index contributed by atoms with van der Waals surface area (Å²) in [7, 11) is 1.78. The predicted octanol–water partition coefficient (Wildman–Crippen LogP) is 2.47. The van der Waals surface area contributed by atoms with Crippen molar-refractivity contribution in [2.45, 2.75) is 32.5 Å². The average Bonchev–Trinajstić information content (AvgIpc) is 2.86. The van der Waals surface area contributed by atoms with E-state index in [-0.39, 0.29) is 36.8 Å². The highest BCUT2D eigenvalue weighted by atomic mass is 35.5. The van der Waals surface area contributed by atoms with E-state index in [1.54, 1.807) is 18.1 Å². The molecule has 0 fully saturated rings. The zero-order valence-electron chi connectivity index (χ0n) is 13.4. The summed E-state index contributed by atoms with van der Waals surface area (Å²) < 4.78 is 2.06. The summed E-state index contributed by atoms with van der Waals surface area (Å²) in [5, 5.41) is 0. The van der Waals surface area contributed by atoms with Crippen LogP contribution in [0.1, 0.15) is 24.7 Å². The van der Waals surface area contributed by atoms with Gasteiger partial charge in [0.15, 0.2) is 0 Å². The van der Waals surface area contributed by atoms with Crippen LogP contribution in [0.2, 0.25) is 0 Å². The molecule has 0 aliphatic rings. The van der Waals surface area contributed by atoms with Crippen LogP contribution in [0, 0.1) is 0 Å². The van der Waals surface area contributed by atoms with Gasteiger partial charge in [-0.05, 0) is 12.5 Å². The summed E-state index contributed by atoms with van der Waals surface area (Å²) in [6, 6.07) is 10.1. The van der Waals surface area contributed by atoms with Crippen LogP contribution in [0.15, 0.2) is 42.7 Å². The molecule has 1 unspecified atom stereocenters. The minimum Gasteiger partial charge on any atom is -0.338 e. The first-order valence-corrected chi connectivity index (χ1v) is 7.09. The largest absolute Gasteiger partial charge is 0.338 e. The third kappa shape index (κ3) is 6.60. The molecule has 0 aliphatic heterocycles. The molecule has 1 aromatic carbocycles. The molecule has 128 valence electrons. The maximum Gasteiger partial charge on any atom is 0.224 e. The third-order valence-corrected chi connectivity index (χ3v) is 3.30. The Labute approximate surface area is 149 Å². The van der Waals surface area contributed by atoms with E-state index in [1.807, 2.05) is 31.3 Å². The third-order valence-electron chi connectivity index (χ3n) is 3.30. The SMILES string of the molecule is CC(N)CC(=O)N(C)Cc1nccn1Cc1ccccc1.Cl.Cl. The molecule has 0 bridgehead atoms. The number of aromatic nitrogens is 2. The monoisotopic (exact) mass is 358 g/mol. The molecule has 0 spiro atoms. The van der Waals surface area contributed by atoms with Gasteiger partial charge in [0.2, 0.25) is 5.91 Å². The van der Waals surface area contributed by atoms with Gasteiger partial charge in [-0.2, -0.15) is 0 Å². The van der Waals surface area contributed by atoms with E-state index in [9.17, 15) is 4.79 Å². The highest BCUT2D eigenvalue weighted by Crippen LogP contribution is 2.08. The zero-order valence-corrected chi connectivity index (χ0v) is 15.0. The van der Waals surface area contributed by atoms with E-state index < -0.39 is 0 Å². The Morgan fingerprint density at radius 1 is 1.30 bits per heavy atom. The van der Waals surface area contributed by atoms with Crippen molar-refractivity contribution in [3.05, 3.63) is 54.1 Å². The predicted molar refractivity (Wildman–Crippen MR) is 97.0 cm³/mol. The van der Waals surface area contributed by atoms with Gasteiger partial charge in [-0.25, -0.2) is 4.98 Å². The van der Waals surface area contributed by atoms with Gasteiger partial charge < -0.3 is 15.2 Å². The van der Waals surface area contributed by atoms with Crippen LogP contribution in [-0.4, -0.2) is 33.4 Å². The van der Waals surface area contributed by atoms with Gasteiger partial charge in [-0.15, -0.1) is 24.8 Å². The van der Waals surface area contributed by atoms with Crippen LogP contribution in [0.4, 0.5) is 0 Å². The van der Waals surface area contributed by atoms with E-state index in [0.29, 0.717) is 13.0 Å². The number of nitrogens with zero attached hydrogens (tertiary/aromatic N) is 3. The van der Waals surface area contributed by atoms with Gasteiger partial charge >= 0.3 is 0 Å². The fourth-order valence-corrected chi connectivity index (χ4v) is 2.15. The number of rotatable bonds is 6.